The first-order valence-electron chi connectivity index (χ1n) is 7.27. The van der Waals surface area contributed by atoms with Gasteiger partial charge in [0, 0.05) is 0 Å². The van der Waals surface area contributed by atoms with Gasteiger partial charge in [-0.05, 0) is 53.5 Å². The number of rotatable bonds is 8. The van der Waals surface area contributed by atoms with E-state index in [4.69, 9.17) is 9.47 Å². The Kier molecular flexibility index (Phi) is 9.94. The summed E-state index contributed by atoms with van der Waals surface area (Å²) in [6, 6.07) is 0. The zero-order valence-electron chi connectivity index (χ0n) is 13.7. The van der Waals surface area contributed by atoms with Gasteiger partial charge in [0.25, 0.3) is 0 Å². The lowest BCUT2D eigenvalue weighted by Crippen LogP contribution is -2.18. The van der Waals surface area contributed by atoms with Gasteiger partial charge in [-0.3, -0.25) is 0 Å². The Labute approximate surface area is 127 Å². The van der Waals surface area contributed by atoms with Gasteiger partial charge in [0.2, 0.25) is 0 Å². The van der Waals surface area contributed by atoms with Crippen LogP contribution >= 0.6 is 0 Å². The summed E-state index contributed by atoms with van der Waals surface area (Å²) in [6.07, 6.45) is 7.21. The Morgan fingerprint density at radius 2 is 1.43 bits per heavy atom. The summed E-state index contributed by atoms with van der Waals surface area (Å²) in [4.78, 5) is 23.5. The zero-order valence-corrected chi connectivity index (χ0v) is 13.7. The van der Waals surface area contributed by atoms with Crippen molar-refractivity contribution in [2.75, 3.05) is 13.2 Å². The second-order valence-electron chi connectivity index (χ2n) is 4.85. The molecule has 0 heterocycles. The van der Waals surface area contributed by atoms with Crippen molar-refractivity contribution in [1.29, 1.82) is 0 Å². The van der Waals surface area contributed by atoms with E-state index in [1.165, 1.54) is 11.6 Å². The third-order valence-electron chi connectivity index (χ3n) is 2.62. The number of esters is 2. The minimum Gasteiger partial charge on any atom is -0.462 e. The molecule has 4 nitrogen and oxygen atoms in total. The standard InChI is InChI=1S/C17H26O4/c1-6-20-16(18)15(17(19)21-7-2)12-11-14(5)10-8-9-13(3)4/h9,11-12H,6-8,10H2,1-5H3/b14-11+. The Morgan fingerprint density at radius 3 is 1.86 bits per heavy atom. The lowest BCUT2D eigenvalue weighted by Gasteiger charge is -2.05. The molecule has 0 N–H and O–H groups in total. The molecule has 0 bridgehead atoms. The third kappa shape index (κ3) is 8.84. The molecule has 118 valence electrons. The van der Waals surface area contributed by atoms with Gasteiger partial charge < -0.3 is 9.47 Å². The highest BCUT2D eigenvalue weighted by atomic mass is 16.6. The van der Waals surface area contributed by atoms with E-state index in [0.717, 1.165) is 18.4 Å². The summed E-state index contributed by atoms with van der Waals surface area (Å²) in [5.41, 5.74) is 2.29. The Balaban J connectivity index is 4.93. The molecule has 0 fully saturated rings. The molecule has 21 heavy (non-hydrogen) atoms. The fourth-order valence-corrected chi connectivity index (χ4v) is 1.53. The molecule has 0 unspecified atom stereocenters. The van der Waals surface area contributed by atoms with E-state index >= 15 is 0 Å². The minimum atomic E-state index is -0.649. The van der Waals surface area contributed by atoms with Crippen LogP contribution in [0.1, 0.15) is 47.5 Å². The smallest absolute Gasteiger partial charge is 0.345 e. The SMILES string of the molecule is CCOC(=O)C(=C/C=C(\C)CCC=C(C)C)C(=O)OCC. The molecule has 0 amide bonds. The van der Waals surface area contributed by atoms with Crippen LogP contribution in [0.2, 0.25) is 0 Å². The first kappa shape index (κ1) is 19.2. The normalized spacial score (nSPS) is 10.6. The van der Waals surface area contributed by atoms with Gasteiger partial charge in [-0.2, -0.15) is 0 Å². The molecule has 0 atom stereocenters. The van der Waals surface area contributed by atoms with Crippen LogP contribution in [-0.4, -0.2) is 25.2 Å². The number of hydrogen-bond donors (Lipinski definition) is 0. The Hall–Kier alpha value is -1.84. The lowest BCUT2D eigenvalue weighted by atomic mass is 10.1. The summed E-state index contributed by atoms with van der Waals surface area (Å²) in [5.74, 6) is -1.30. The van der Waals surface area contributed by atoms with E-state index in [9.17, 15) is 9.59 Å². The molecular formula is C17H26O4. The van der Waals surface area contributed by atoms with E-state index in [2.05, 4.69) is 19.9 Å². The zero-order chi connectivity index (χ0) is 16.3. The lowest BCUT2D eigenvalue weighted by molar-refractivity contribution is -0.146. The first-order valence-corrected chi connectivity index (χ1v) is 7.27. The fourth-order valence-electron chi connectivity index (χ4n) is 1.53. The van der Waals surface area contributed by atoms with Crippen LogP contribution in [0.3, 0.4) is 0 Å². The molecule has 0 aromatic heterocycles. The van der Waals surface area contributed by atoms with Gasteiger partial charge in [-0.15, -0.1) is 0 Å². The molecule has 0 aliphatic carbocycles. The average molecular weight is 294 g/mol. The maximum absolute atomic E-state index is 11.7. The van der Waals surface area contributed by atoms with E-state index < -0.39 is 11.9 Å². The van der Waals surface area contributed by atoms with Crippen LogP contribution in [0, 0.1) is 0 Å². The van der Waals surface area contributed by atoms with Crippen molar-refractivity contribution in [2.45, 2.75) is 47.5 Å². The highest BCUT2D eigenvalue weighted by Gasteiger charge is 2.19. The van der Waals surface area contributed by atoms with Gasteiger partial charge in [0.05, 0.1) is 13.2 Å². The maximum atomic E-state index is 11.7. The summed E-state index contributed by atoms with van der Waals surface area (Å²) < 4.78 is 9.74. The van der Waals surface area contributed by atoms with E-state index in [-0.39, 0.29) is 18.8 Å². The molecule has 4 heteroatoms. The number of carbonyl (C=O) groups is 2. The summed E-state index contributed by atoms with van der Waals surface area (Å²) in [7, 11) is 0. The van der Waals surface area contributed by atoms with E-state index in [0.29, 0.717) is 0 Å². The molecule has 0 aromatic carbocycles. The number of allylic oxidation sites excluding steroid dienone is 5. The number of ether oxygens (including phenoxy) is 2. The van der Waals surface area contributed by atoms with Crippen molar-refractivity contribution in [2.24, 2.45) is 0 Å². The quantitative estimate of drug-likeness (QED) is 0.171. The first-order chi connectivity index (χ1) is 9.92. The highest BCUT2D eigenvalue weighted by molar-refractivity contribution is 6.14. The van der Waals surface area contributed by atoms with Crippen LogP contribution < -0.4 is 0 Å². The summed E-state index contributed by atoms with van der Waals surface area (Å²) >= 11 is 0. The topological polar surface area (TPSA) is 52.6 Å². The van der Waals surface area contributed by atoms with Gasteiger partial charge >= 0.3 is 11.9 Å². The molecule has 0 aliphatic heterocycles. The van der Waals surface area contributed by atoms with E-state index in [1.807, 2.05) is 6.92 Å². The minimum absolute atomic E-state index is 0.0692. The number of carbonyl (C=O) groups excluding carboxylic acids is 2. The van der Waals surface area contributed by atoms with Crippen LogP contribution in [0.15, 0.2) is 34.9 Å². The molecule has 0 rings (SSSR count). The Morgan fingerprint density at radius 1 is 0.905 bits per heavy atom. The predicted octanol–water partition coefficient (Wildman–Crippen LogP) is 3.73. The predicted molar refractivity (Wildman–Crippen MR) is 83.8 cm³/mol. The Bertz CT molecular complexity index is 418. The number of hydrogen-bond acceptors (Lipinski definition) is 4. The fraction of sp³-hybridized carbons (Fsp3) is 0.529. The van der Waals surface area contributed by atoms with E-state index in [1.54, 1.807) is 19.9 Å². The average Bonchev–Trinajstić information content (AvgIpc) is 2.39. The van der Waals surface area contributed by atoms with Crippen molar-refractivity contribution in [3.63, 3.8) is 0 Å². The second kappa shape index (κ2) is 10.9. The van der Waals surface area contributed by atoms with Crippen molar-refractivity contribution >= 4 is 11.9 Å². The second-order valence-corrected chi connectivity index (χ2v) is 4.85. The summed E-state index contributed by atoms with van der Waals surface area (Å²) in [6.45, 7) is 9.90. The van der Waals surface area contributed by atoms with Crippen molar-refractivity contribution in [3.8, 4) is 0 Å². The van der Waals surface area contributed by atoms with Gasteiger partial charge in [-0.25, -0.2) is 9.59 Å². The molecule has 0 spiro atoms. The molecule has 0 radical (unpaired) electrons. The molecule has 0 aliphatic rings. The van der Waals surface area contributed by atoms with Gasteiger partial charge in [0.15, 0.2) is 0 Å². The van der Waals surface area contributed by atoms with Crippen LogP contribution in [0.25, 0.3) is 0 Å². The van der Waals surface area contributed by atoms with Crippen LogP contribution in [-0.2, 0) is 19.1 Å². The molecule has 0 aromatic rings. The van der Waals surface area contributed by atoms with Crippen LogP contribution in [0.5, 0.6) is 0 Å². The van der Waals surface area contributed by atoms with Crippen LogP contribution in [0.4, 0.5) is 0 Å². The molecular weight excluding hydrogens is 268 g/mol. The summed E-state index contributed by atoms with van der Waals surface area (Å²) in [5, 5.41) is 0. The van der Waals surface area contributed by atoms with Crippen molar-refractivity contribution in [3.05, 3.63) is 34.9 Å². The maximum Gasteiger partial charge on any atom is 0.345 e. The molecule has 0 saturated heterocycles. The van der Waals surface area contributed by atoms with Crippen molar-refractivity contribution < 1.29 is 19.1 Å². The third-order valence-corrected chi connectivity index (χ3v) is 2.62. The van der Waals surface area contributed by atoms with Gasteiger partial charge in [-0.1, -0.05) is 23.3 Å². The van der Waals surface area contributed by atoms with Gasteiger partial charge in [0.1, 0.15) is 5.57 Å². The van der Waals surface area contributed by atoms with Crippen molar-refractivity contribution in [1.82, 2.24) is 0 Å². The highest BCUT2D eigenvalue weighted by Crippen LogP contribution is 2.09. The monoisotopic (exact) mass is 294 g/mol. The largest absolute Gasteiger partial charge is 0.462 e. The molecule has 0 saturated carbocycles.